The maximum absolute atomic E-state index is 13.8. The quantitative estimate of drug-likeness (QED) is 0.464. The molecule has 140 valence electrons. The summed E-state index contributed by atoms with van der Waals surface area (Å²) in [6, 6.07) is 3.44. The zero-order chi connectivity index (χ0) is 18.5. The Bertz CT molecular complexity index is 412. The van der Waals surface area contributed by atoms with Gasteiger partial charge in [-0.15, -0.1) is 0 Å². The second-order valence-corrected chi connectivity index (χ2v) is 6.19. The molecule has 0 aliphatic heterocycles. The highest BCUT2D eigenvalue weighted by Gasteiger charge is 2.18. The van der Waals surface area contributed by atoms with Crippen molar-refractivity contribution in [3.8, 4) is 0 Å². The lowest BCUT2D eigenvalue weighted by Crippen LogP contribution is -2.12. The molecule has 0 saturated carbocycles. The molecule has 0 spiro atoms. The highest BCUT2D eigenvalue weighted by atomic mass is 19.1. The summed E-state index contributed by atoms with van der Waals surface area (Å²) in [5, 5.41) is 0. The topological polar surface area (TPSA) is 18.5 Å². The molecule has 1 aromatic carbocycles. The van der Waals surface area contributed by atoms with E-state index in [0.29, 0.717) is 18.8 Å². The predicted molar refractivity (Wildman–Crippen MR) is 101 cm³/mol. The van der Waals surface area contributed by atoms with Gasteiger partial charge in [0.1, 0.15) is 5.82 Å². The van der Waals surface area contributed by atoms with Crippen LogP contribution in [-0.4, -0.2) is 13.2 Å². The van der Waals surface area contributed by atoms with Crippen LogP contribution >= 0.6 is 0 Å². The molecule has 2 nitrogen and oxygen atoms in total. The first kappa shape index (κ1) is 23.1. The van der Waals surface area contributed by atoms with Crippen molar-refractivity contribution in [2.75, 3.05) is 13.2 Å². The molecule has 24 heavy (non-hydrogen) atoms. The molecule has 0 N–H and O–H groups in total. The van der Waals surface area contributed by atoms with Crippen LogP contribution in [0.5, 0.6) is 0 Å². The van der Waals surface area contributed by atoms with Gasteiger partial charge in [-0.05, 0) is 50.8 Å². The molecular formula is C21H37FO2. The van der Waals surface area contributed by atoms with Gasteiger partial charge in [0.25, 0.3) is 0 Å². The van der Waals surface area contributed by atoms with Crippen LogP contribution in [0.1, 0.15) is 83.3 Å². The second-order valence-electron chi connectivity index (χ2n) is 6.19. The lowest BCUT2D eigenvalue weighted by Gasteiger charge is -2.20. The maximum Gasteiger partial charge on any atom is 0.186 e. The Morgan fingerprint density at radius 1 is 0.917 bits per heavy atom. The number of rotatable bonds is 9. The van der Waals surface area contributed by atoms with Crippen molar-refractivity contribution >= 4 is 0 Å². The summed E-state index contributed by atoms with van der Waals surface area (Å²) in [4.78, 5) is 0. The minimum absolute atomic E-state index is 0.260. The molecule has 1 aromatic rings. The van der Waals surface area contributed by atoms with E-state index < -0.39 is 6.29 Å². The number of hydrogen-bond acceptors (Lipinski definition) is 2. The van der Waals surface area contributed by atoms with Gasteiger partial charge in [-0.3, -0.25) is 0 Å². The number of aryl methyl sites for hydroxylation is 2. The summed E-state index contributed by atoms with van der Waals surface area (Å²) >= 11 is 0. The third-order valence-corrected chi connectivity index (χ3v) is 4.20. The first-order valence-corrected chi connectivity index (χ1v) is 9.44. The Labute approximate surface area is 148 Å². The van der Waals surface area contributed by atoms with Gasteiger partial charge in [0.05, 0.1) is 0 Å². The molecule has 0 bridgehead atoms. The van der Waals surface area contributed by atoms with Crippen LogP contribution in [-0.2, 0) is 9.47 Å². The Hall–Kier alpha value is -0.930. The molecule has 0 atom stereocenters. The van der Waals surface area contributed by atoms with Gasteiger partial charge in [0.15, 0.2) is 6.29 Å². The summed E-state index contributed by atoms with van der Waals surface area (Å²) in [6.07, 6.45) is 4.91. The van der Waals surface area contributed by atoms with Crippen molar-refractivity contribution in [3.05, 3.63) is 34.6 Å². The van der Waals surface area contributed by atoms with Crippen molar-refractivity contribution in [3.63, 3.8) is 0 Å². The molecule has 0 saturated heterocycles. The Morgan fingerprint density at radius 3 is 1.79 bits per heavy atom. The third-order valence-electron chi connectivity index (χ3n) is 4.20. The van der Waals surface area contributed by atoms with E-state index in [4.69, 9.17) is 9.47 Å². The van der Waals surface area contributed by atoms with Crippen molar-refractivity contribution in [2.24, 2.45) is 5.92 Å². The van der Waals surface area contributed by atoms with Crippen LogP contribution in [0.4, 0.5) is 4.39 Å². The fourth-order valence-corrected chi connectivity index (χ4v) is 2.85. The molecule has 0 aliphatic carbocycles. The van der Waals surface area contributed by atoms with Gasteiger partial charge in [0, 0.05) is 18.8 Å². The van der Waals surface area contributed by atoms with Gasteiger partial charge < -0.3 is 9.47 Å². The van der Waals surface area contributed by atoms with Gasteiger partial charge in [-0.25, -0.2) is 4.39 Å². The average Bonchev–Trinajstić information content (AvgIpc) is 2.52. The van der Waals surface area contributed by atoms with Crippen molar-refractivity contribution in [2.45, 2.75) is 80.4 Å². The number of benzene rings is 1. The fraction of sp³-hybridized carbons (Fsp3) is 0.714. The van der Waals surface area contributed by atoms with E-state index >= 15 is 0 Å². The lowest BCUT2D eigenvalue weighted by molar-refractivity contribution is -0.142. The zero-order valence-corrected chi connectivity index (χ0v) is 16.7. The molecule has 0 aromatic heterocycles. The molecule has 0 fully saturated rings. The van der Waals surface area contributed by atoms with Crippen LogP contribution in [0.2, 0.25) is 0 Å². The van der Waals surface area contributed by atoms with Crippen LogP contribution in [0.25, 0.3) is 0 Å². The van der Waals surface area contributed by atoms with Crippen LogP contribution in [0, 0.1) is 25.6 Å². The number of hydrogen-bond donors (Lipinski definition) is 0. The van der Waals surface area contributed by atoms with Gasteiger partial charge >= 0.3 is 0 Å². The van der Waals surface area contributed by atoms with E-state index in [1.165, 1.54) is 31.7 Å². The SMILES string of the molecule is CCCC(CC)CC.CCOC(OCC)c1c(C)cc(C)cc1F. The molecule has 0 heterocycles. The number of halogens is 1. The van der Waals surface area contributed by atoms with Crippen molar-refractivity contribution < 1.29 is 13.9 Å². The minimum atomic E-state index is -0.601. The van der Waals surface area contributed by atoms with Gasteiger partial charge in [0.2, 0.25) is 0 Å². The van der Waals surface area contributed by atoms with E-state index in [1.54, 1.807) is 0 Å². The molecule has 3 heteroatoms. The Morgan fingerprint density at radius 2 is 1.46 bits per heavy atom. The summed E-state index contributed by atoms with van der Waals surface area (Å²) in [7, 11) is 0. The van der Waals surface area contributed by atoms with Crippen LogP contribution < -0.4 is 0 Å². The highest BCUT2D eigenvalue weighted by Crippen LogP contribution is 2.26. The first-order chi connectivity index (χ1) is 11.4. The van der Waals surface area contributed by atoms with Crippen LogP contribution in [0.3, 0.4) is 0 Å². The third kappa shape index (κ3) is 8.25. The smallest absolute Gasteiger partial charge is 0.186 e. The first-order valence-electron chi connectivity index (χ1n) is 9.44. The highest BCUT2D eigenvalue weighted by molar-refractivity contribution is 5.32. The molecular weight excluding hydrogens is 303 g/mol. The molecule has 0 amide bonds. The van der Waals surface area contributed by atoms with E-state index in [0.717, 1.165) is 17.0 Å². The monoisotopic (exact) mass is 340 g/mol. The van der Waals surface area contributed by atoms with E-state index in [2.05, 4.69) is 20.8 Å². The summed E-state index contributed by atoms with van der Waals surface area (Å²) < 4.78 is 24.7. The van der Waals surface area contributed by atoms with Crippen molar-refractivity contribution in [1.29, 1.82) is 0 Å². The Kier molecular flexibility index (Phi) is 12.9. The summed E-state index contributed by atoms with van der Waals surface area (Å²) in [5.74, 6) is 0.740. The van der Waals surface area contributed by atoms with E-state index in [9.17, 15) is 4.39 Å². The van der Waals surface area contributed by atoms with E-state index in [-0.39, 0.29) is 5.82 Å². The molecule has 0 unspecified atom stereocenters. The van der Waals surface area contributed by atoms with Crippen molar-refractivity contribution in [1.82, 2.24) is 0 Å². The Balaban J connectivity index is 0.000000561. The van der Waals surface area contributed by atoms with E-state index in [1.807, 2.05) is 33.8 Å². The predicted octanol–water partition coefficient (Wildman–Crippen LogP) is 6.74. The van der Waals surface area contributed by atoms with Gasteiger partial charge in [-0.1, -0.05) is 52.5 Å². The molecule has 0 aliphatic rings. The second kappa shape index (κ2) is 13.4. The fourth-order valence-electron chi connectivity index (χ4n) is 2.85. The molecule has 0 radical (unpaired) electrons. The summed E-state index contributed by atoms with van der Waals surface area (Å²) in [6.45, 7) is 15.3. The normalized spacial score (nSPS) is 10.9. The average molecular weight is 341 g/mol. The number of ether oxygens (including phenoxy) is 2. The molecule has 1 rings (SSSR count). The summed E-state index contributed by atoms with van der Waals surface area (Å²) in [5.41, 5.74) is 2.28. The zero-order valence-electron chi connectivity index (χ0n) is 16.7. The maximum atomic E-state index is 13.8. The largest absolute Gasteiger partial charge is 0.349 e. The van der Waals surface area contributed by atoms with Gasteiger partial charge in [-0.2, -0.15) is 0 Å². The van der Waals surface area contributed by atoms with Crippen LogP contribution in [0.15, 0.2) is 12.1 Å². The lowest BCUT2D eigenvalue weighted by atomic mass is 9.98. The standard InChI is InChI=1S/C13H19FO2.C8H18/c1-5-15-13(16-6-2)12-10(4)7-9(3)8-11(12)14;1-4-7-8(5-2)6-3/h7-8,13H,5-6H2,1-4H3;8H,4-7H2,1-3H3. The minimum Gasteiger partial charge on any atom is -0.349 e.